The Kier molecular flexibility index (Phi) is 14.6. The molecule has 0 saturated carbocycles. The second-order valence-electron chi connectivity index (χ2n) is 5.42. The van der Waals surface area contributed by atoms with Gasteiger partial charge in [0.25, 0.3) is 0 Å². The van der Waals surface area contributed by atoms with Crippen LogP contribution in [0.15, 0.2) is 0 Å². The van der Waals surface area contributed by atoms with Gasteiger partial charge >= 0.3 is 0 Å². The lowest BCUT2D eigenvalue weighted by Crippen LogP contribution is -2.34. The summed E-state index contributed by atoms with van der Waals surface area (Å²) in [6.45, 7) is 4.33. The molecule has 0 heterocycles. The number of hydrogen-bond donors (Lipinski definition) is 1. The molecule has 1 N–H and O–H groups in total. The summed E-state index contributed by atoms with van der Waals surface area (Å²) in [7, 11) is 2.15. The van der Waals surface area contributed by atoms with Crippen molar-refractivity contribution < 1.29 is 14.6 Å². The van der Waals surface area contributed by atoms with Crippen LogP contribution < -0.4 is 0 Å². The highest BCUT2D eigenvalue weighted by Crippen LogP contribution is 2.15. The van der Waals surface area contributed by atoms with Crippen molar-refractivity contribution in [2.24, 2.45) is 0 Å². The average molecular weight is 287 g/mol. The molecular weight excluding hydrogens is 254 g/mol. The van der Waals surface area contributed by atoms with Crippen molar-refractivity contribution in [1.29, 1.82) is 0 Å². The number of aliphatic hydroxyl groups is 1. The quantitative estimate of drug-likeness (QED) is 0.371. The van der Waals surface area contributed by atoms with E-state index in [-0.39, 0.29) is 6.61 Å². The summed E-state index contributed by atoms with van der Waals surface area (Å²) in [6.07, 6.45) is 10.0. The molecule has 0 aliphatic heterocycles. The Balaban J connectivity index is 3.94. The summed E-state index contributed by atoms with van der Waals surface area (Å²) in [5.41, 5.74) is 0. The molecule has 0 rings (SSSR count). The van der Waals surface area contributed by atoms with Crippen molar-refractivity contribution in [2.75, 3.05) is 33.4 Å². The van der Waals surface area contributed by atoms with E-state index in [4.69, 9.17) is 9.84 Å². The van der Waals surface area contributed by atoms with E-state index < -0.39 is 0 Å². The molecule has 20 heavy (non-hydrogen) atoms. The normalized spacial score (nSPS) is 12.8. The van der Waals surface area contributed by atoms with Gasteiger partial charge in [-0.25, -0.2) is 0 Å². The molecule has 4 heteroatoms. The van der Waals surface area contributed by atoms with Crippen LogP contribution in [-0.4, -0.2) is 55.7 Å². The summed E-state index contributed by atoms with van der Waals surface area (Å²) in [5, 5.41) is 8.68. The predicted octanol–water partition coefficient (Wildman–Crippen LogP) is 2.64. The Hall–Kier alpha value is -0.450. The van der Waals surface area contributed by atoms with Crippen molar-refractivity contribution >= 4 is 6.29 Å². The Morgan fingerprint density at radius 3 is 2.45 bits per heavy atom. The monoisotopic (exact) mass is 287 g/mol. The topological polar surface area (TPSA) is 49.8 Å². The number of aldehydes is 1. The lowest BCUT2D eigenvalue weighted by Gasteiger charge is -2.28. The summed E-state index contributed by atoms with van der Waals surface area (Å²) in [4.78, 5) is 12.7. The highest BCUT2D eigenvalue weighted by atomic mass is 16.5. The molecule has 0 bridgehead atoms. The SMILES string of the molecule is CCCCCC(CCCCC=O)N(C)CCOCCO. The van der Waals surface area contributed by atoms with Crippen LogP contribution in [0.2, 0.25) is 0 Å². The van der Waals surface area contributed by atoms with Crippen LogP contribution in [0.3, 0.4) is 0 Å². The molecule has 0 radical (unpaired) electrons. The third kappa shape index (κ3) is 11.4. The van der Waals surface area contributed by atoms with Gasteiger partial charge in [-0.2, -0.15) is 0 Å². The highest BCUT2D eigenvalue weighted by molar-refractivity contribution is 5.48. The maximum absolute atomic E-state index is 10.3. The van der Waals surface area contributed by atoms with Crippen molar-refractivity contribution in [1.82, 2.24) is 4.90 Å². The Morgan fingerprint density at radius 2 is 1.85 bits per heavy atom. The lowest BCUT2D eigenvalue weighted by molar-refractivity contribution is -0.107. The van der Waals surface area contributed by atoms with Gasteiger partial charge in [0.15, 0.2) is 0 Å². The number of unbranched alkanes of at least 4 members (excludes halogenated alkanes) is 4. The third-order valence-electron chi connectivity index (χ3n) is 3.70. The van der Waals surface area contributed by atoms with E-state index in [2.05, 4.69) is 18.9 Å². The van der Waals surface area contributed by atoms with Crippen LogP contribution in [0.25, 0.3) is 0 Å². The van der Waals surface area contributed by atoms with Gasteiger partial charge in [0.1, 0.15) is 6.29 Å². The number of nitrogens with zero attached hydrogens (tertiary/aromatic N) is 1. The largest absolute Gasteiger partial charge is 0.394 e. The lowest BCUT2D eigenvalue weighted by atomic mass is 10.0. The number of ether oxygens (including phenoxy) is 1. The molecule has 1 atom stereocenters. The summed E-state index contributed by atoms with van der Waals surface area (Å²) >= 11 is 0. The molecule has 0 aromatic heterocycles. The number of aliphatic hydroxyl groups excluding tert-OH is 1. The van der Waals surface area contributed by atoms with Crippen molar-refractivity contribution in [2.45, 2.75) is 64.3 Å². The maximum Gasteiger partial charge on any atom is 0.119 e. The third-order valence-corrected chi connectivity index (χ3v) is 3.70. The van der Waals surface area contributed by atoms with Gasteiger partial charge in [0.2, 0.25) is 0 Å². The first-order chi connectivity index (χ1) is 9.76. The van der Waals surface area contributed by atoms with E-state index >= 15 is 0 Å². The molecule has 0 fully saturated rings. The fourth-order valence-electron chi connectivity index (χ4n) is 2.38. The minimum atomic E-state index is 0.0926. The van der Waals surface area contributed by atoms with Crippen molar-refractivity contribution in [3.63, 3.8) is 0 Å². The number of carbonyl (C=O) groups is 1. The van der Waals surface area contributed by atoms with Gasteiger partial charge in [-0.05, 0) is 26.3 Å². The van der Waals surface area contributed by atoms with E-state index in [1.807, 2.05) is 0 Å². The van der Waals surface area contributed by atoms with Gasteiger partial charge in [-0.3, -0.25) is 0 Å². The molecule has 120 valence electrons. The van der Waals surface area contributed by atoms with Gasteiger partial charge in [0, 0.05) is 19.0 Å². The molecule has 0 aromatic carbocycles. The summed E-state index contributed by atoms with van der Waals surface area (Å²) in [6, 6.07) is 0.589. The van der Waals surface area contributed by atoms with Crippen LogP contribution in [0.1, 0.15) is 58.3 Å². The number of carbonyl (C=O) groups excluding carboxylic acids is 1. The van der Waals surface area contributed by atoms with E-state index in [9.17, 15) is 4.79 Å². The van der Waals surface area contributed by atoms with Gasteiger partial charge in [-0.15, -0.1) is 0 Å². The minimum Gasteiger partial charge on any atom is -0.394 e. The average Bonchev–Trinajstić information content (AvgIpc) is 2.46. The van der Waals surface area contributed by atoms with Crippen LogP contribution in [0.4, 0.5) is 0 Å². The molecular formula is C16H33NO3. The first-order valence-corrected chi connectivity index (χ1v) is 8.08. The van der Waals surface area contributed by atoms with Crippen molar-refractivity contribution in [3.8, 4) is 0 Å². The van der Waals surface area contributed by atoms with Crippen LogP contribution in [0.5, 0.6) is 0 Å². The molecule has 0 amide bonds. The van der Waals surface area contributed by atoms with Crippen molar-refractivity contribution in [3.05, 3.63) is 0 Å². The maximum atomic E-state index is 10.3. The Labute approximate surface area is 124 Å². The molecule has 4 nitrogen and oxygen atoms in total. The first kappa shape index (κ1) is 19.6. The number of likely N-dealkylation sites (N-methyl/N-ethyl adjacent to an activating group) is 1. The van der Waals surface area contributed by atoms with Crippen LogP contribution in [0, 0.1) is 0 Å². The second-order valence-corrected chi connectivity index (χ2v) is 5.42. The van der Waals surface area contributed by atoms with Crippen LogP contribution >= 0.6 is 0 Å². The number of rotatable bonds is 15. The zero-order chi connectivity index (χ0) is 15.1. The second kappa shape index (κ2) is 14.9. The van der Waals surface area contributed by atoms with Gasteiger partial charge in [-0.1, -0.05) is 32.6 Å². The smallest absolute Gasteiger partial charge is 0.119 e. The minimum absolute atomic E-state index is 0.0926. The molecule has 0 spiro atoms. The zero-order valence-corrected chi connectivity index (χ0v) is 13.4. The predicted molar refractivity (Wildman–Crippen MR) is 83.0 cm³/mol. The van der Waals surface area contributed by atoms with E-state index in [0.717, 1.165) is 32.1 Å². The number of hydrogen-bond acceptors (Lipinski definition) is 4. The Morgan fingerprint density at radius 1 is 1.15 bits per heavy atom. The summed E-state index contributed by atoms with van der Waals surface area (Å²) in [5.74, 6) is 0. The molecule has 1 unspecified atom stereocenters. The van der Waals surface area contributed by atoms with E-state index in [1.54, 1.807) is 0 Å². The van der Waals surface area contributed by atoms with Gasteiger partial charge in [0.05, 0.1) is 19.8 Å². The zero-order valence-electron chi connectivity index (χ0n) is 13.4. The molecule has 0 aliphatic carbocycles. The summed E-state index contributed by atoms with van der Waals surface area (Å²) < 4.78 is 5.33. The van der Waals surface area contributed by atoms with Crippen LogP contribution in [-0.2, 0) is 9.53 Å². The molecule has 0 aliphatic rings. The molecule has 0 aromatic rings. The fourth-order valence-corrected chi connectivity index (χ4v) is 2.38. The standard InChI is InChI=1S/C16H33NO3/c1-3-4-6-9-16(10-7-5-8-12-18)17(2)11-14-20-15-13-19/h12,16,19H,3-11,13-15H2,1-2H3. The Bertz CT molecular complexity index is 212. The fraction of sp³-hybridized carbons (Fsp3) is 0.938. The van der Waals surface area contributed by atoms with Gasteiger partial charge < -0.3 is 19.5 Å². The first-order valence-electron chi connectivity index (χ1n) is 8.08. The van der Waals surface area contributed by atoms with E-state index in [1.165, 1.54) is 25.7 Å². The molecule has 0 saturated heterocycles. The highest BCUT2D eigenvalue weighted by Gasteiger charge is 2.13. The van der Waals surface area contributed by atoms with E-state index in [0.29, 0.717) is 25.7 Å².